The lowest BCUT2D eigenvalue weighted by Crippen LogP contribution is -2.24. The predicted molar refractivity (Wildman–Crippen MR) is 68.3 cm³/mol. The van der Waals surface area contributed by atoms with Crippen molar-refractivity contribution in [1.82, 2.24) is 15.3 Å². The normalized spacial score (nSPS) is 11.4. The Labute approximate surface area is 122 Å². The molecule has 9 heteroatoms. The van der Waals surface area contributed by atoms with E-state index in [4.69, 9.17) is 4.42 Å². The van der Waals surface area contributed by atoms with Gasteiger partial charge in [-0.05, 0) is 18.2 Å². The Morgan fingerprint density at radius 3 is 2.86 bits per heavy atom. The van der Waals surface area contributed by atoms with Crippen LogP contribution in [0, 0.1) is 0 Å². The fraction of sp³-hybridized carbons (Fsp3) is 0.250. The van der Waals surface area contributed by atoms with Gasteiger partial charge in [0.2, 0.25) is 5.91 Å². The highest BCUT2D eigenvalue weighted by Crippen LogP contribution is 2.28. The summed E-state index contributed by atoms with van der Waals surface area (Å²) in [6, 6.07) is 4.16. The Bertz CT molecular complexity index is 602. The summed E-state index contributed by atoms with van der Waals surface area (Å²) in [5.41, 5.74) is -1.03. The van der Waals surface area contributed by atoms with Gasteiger partial charge in [-0.25, -0.2) is 9.97 Å². The molecule has 2 aromatic heterocycles. The molecule has 1 amide bonds. The minimum atomic E-state index is -4.53. The summed E-state index contributed by atoms with van der Waals surface area (Å²) in [6.07, 6.45) is -2.04. The van der Waals surface area contributed by atoms with Gasteiger partial charge >= 0.3 is 6.18 Å². The molecular weight excluding hydrogens is 307 g/mol. The molecule has 1 N–H and O–H groups in total. The number of nitrogens with one attached hydrogen (secondary N) is 1. The van der Waals surface area contributed by atoms with Gasteiger partial charge in [-0.1, -0.05) is 11.8 Å². The smallest absolute Gasteiger partial charge is 0.433 e. The van der Waals surface area contributed by atoms with Crippen molar-refractivity contribution in [3.63, 3.8) is 0 Å². The van der Waals surface area contributed by atoms with Crippen molar-refractivity contribution in [2.45, 2.75) is 17.9 Å². The first-order valence-corrected chi connectivity index (χ1v) is 6.76. The van der Waals surface area contributed by atoms with Gasteiger partial charge in [0.1, 0.15) is 11.5 Å². The molecule has 0 fully saturated rings. The molecule has 21 heavy (non-hydrogen) atoms. The van der Waals surface area contributed by atoms with Crippen molar-refractivity contribution >= 4 is 17.7 Å². The van der Waals surface area contributed by atoms with Crippen LogP contribution in [-0.2, 0) is 17.5 Å². The molecule has 2 rings (SSSR count). The van der Waals surface area contributed by atoms with Gasteiger partial charge in [0, 0.05) is 6.20 Å². The largest absolute Gasteiger partial charge is 0.467 e. The highest BCUT2D eigenvalue weighted by molar-refractivity contribution is 7.99. The van der Waals surface area contributed by atoms with E-state index >= 15 is 0 Å². The number of aromatic nitrogens is 2. The second-order valence-electron chi connectivity index (χ2n) is 3.87. The molecule has 0 aliphatic carbocycles. The van der Waals surface area contributed by atoms with Gasteiger partial charge < -0.3 is 9.73 Å². The van der Waals surface area contributed by atoms with Crippen molar-refractivity contribution in [3.8, 4) is 0 Å². The number of amides is 1. The molecule has 0 spiro atoms. The van der Waals surface area contributed by atoms with Crippen LogP contribution in [0.4, 0.5) is 13.2 Å². The van der Waals surface area contributed by atoms with E-state index in [1.807, 2.05) is 0 Å². The molecule has 2 aromatic rings. The standard InChI is InChI=1S/C12H10F3N3O2S/c13-12(14,15)9-3-4-16-11(18-9)21-7-10(19)17-6-8-2-1-5-20-8/h1-5H,6-7H2,(H,17,19). The number of nitrogens with zero attached hydrogens (tertiary/aromatic N) is 2. The first-order valence-electron chi connectivity index (χ1n) is 5.77. The van der Waals surface area contributed by atoms with Crippen LogP contribution >= 0.6 is 11.8 Å². The van der Waals surface area contributed by atoms with Crippen LogP contribution in [0.2, 0.25) is 0 Å². The Morgan fingerprint density at radius 1 is 1.38 bits per heavy atom. The van der Waals surface area contributed by atoms with Gasteiger partial charge in [-0.3, -0.25) is 4.79 Å². The second-order valence-corrected chi connectivity index (χ2v) is 4.81. The fourth-order valence-corrected chi connectivity index (χ4v) is 2.01. The van der Waals surface area contributed by atoms with Crippen LogP contribution in [0.5, 0.6) is 0 Å². The zero-order valence-corrected chi connectivity index (χ0v) is 11.4. The van der Waals surface area contributed by atoms with Crippen LogP contribution in [0.1, 0.15) is 11.5 Å². The number of hydrogen-bond acceptors (Lipinski definition) is 5. The Morgan fingerprint density at radius 2 is 2.19 bits per heavy atom. The lowest BCUT2D eigenvalue weighted by molar-refractivity contribution is -0.141. The van der Waals surface area contributed by atoms with Crippen LogP contribution < -0.4 is 5.32 Å². The lowest BCUT2D eigenvalue weighted by atomic mass is 10.4. The molecule has 0 unspecified atom stereocenters. The minimum absolute atomic E-state index is 0.0813. The van der Waals surface area contributed by atoms with E-state index in [1.165, 1.54) is 6.26 Å². The molecule has 2 heterocycles. The zero-order valence-electron chi connectivity index (χ0n) is 10.6. The molecule has 5 nitrogen and oxygen atoms in total. The first-order chi connectivity index (χ1) is 9.95. The van der Waals surface area contributed by atoms with Crippen LogP contribution in [0.25, 0.3) is 0 Å². The Kier molecular flexibility index (Phi) is 4.84. The maximum Gasteiger partial charge on any atom is 0.433 e. The molecule has 0 saturated carbocycles. The summed E-state index contributed by atoms with van der Waals surface area (Å²) >= 11 is 0.831. The monoisotopic (exact) mass is 317 g/mol. The number of rotatable bonds is 5. The Hall–Kier alpha value is -2.03. The number of alkyl halides is 3. The summed E-state index contributed by atoms with van der Waals surface area (Å²) in [5, 5.41) is 2.47. The van der Waals surface area contributed by atoms with E-state index in [9.17, 15) is 18.0 Å². The molecule has 0 saturated heterocycles. The van der Waals surface area contributed by atoms with Gasteiger partial charge in [0.25, 0.3) is 0 Å². The van der Waals surface area contributed by atoms with Crippen molar-refractivity contribution < 1.29 is 22.4 Å². The van der Waals surface area contributed by atoms with Gasteiger partial charge in [0.05, 0.1) is 18.6 Å². The number of carbonyl (C=O) groups excluding carboxylic acids is 1. The summed E-state index contributed by atoms with van der Waals surface area (Å²) in [6.45, 7) is 0.218. The van der Waals surface area contributed by atoms with Crippen molar-refractivity contribution in [3.05, 3.63) is 42.1 Å². The van der Waals surface area contributed by atoms with Crippen molar-refractivity contribution in [2.75, 3.05) is 5.75 Å². The van der Waals surface area contributed by atoms with Gasteiger partial charge in [-0.2, -0.15) is 13.2 Å². The third-order valence-electron chi connectivity index (χ3n) is 2.30. The van der Waals surface area contributed by atoms with E-state index in [0.29, 0.717) is 5.76 Å². The highest BCUT2D eigenvalue weighted by Gasteiger charge is 2.32. The molecular formula is C12H10F3N3O2S. The fourth-order valence-electron chi connectivity index (χ4n) is 1.35. The number of thioether (sulfide) groups is 1. The van der Waals surface area contributed by atoms with E-state index in [0.717, 1.165) is 24.0 Å². The van der Waals surface area contributed by atoms with Crippen LogP contribution in [-0.4, -0.2) is 21.6 Å². The van der Waals surface area contributed by atoms with E-state index in [-0.39, 0.29) is 23.4 Å². The molecule has 0 aromatic carbocycles. The van der Waals surface area contributed by atoms with Crippen molar-refractivity contribution in [1.29, 1.82) is 0 Å². The van der Waals surface area contributed by atoms with E-state index in [2.05, 4.69) is 15.3 Å². The third-order valence-corrected chi connectivity index (χ3v) is 3.16. The van der Waals surface area contributed by atoms with Crippen LogP contribution in [0.15, 0.2) is 40.2 Å². The predicted octanol–water partition coefficient (Wildman–Crippen LogP) is 2.50. The maximum atomic E-state index is 12.5. The molecule has 112 valence electrons. The molecule has 0 atom stereocenters. The summed E-state index contributed by atoms with van der Waals surface area (Å²) in [4.78, 5) is 18.6. The highest BCUT2D eigenvalue weighted by atomic mass is 32.2. The second kappa shape index (κ2) is 6.61. The molecule has 0 aliphatic rings. The van der Waals surface area contributed by atoms with E-state index in [1.54, 1.807) is 12.1 Å². The zero-order chi connectivity index (χ0) is 15.3. The number of carbonyl (C=O) groups is 1. The first kappa shape index (κ1) is 15.4. The van der Waals surface area contributed by atoms with Gasteiger partial charge in [-0.15, -0.1) is 0 Å². The minimum Gasteiger partial charge on any atom is -0.467 e. The van der Waals surface area contributed by atoms with E-state index < -0.39 is 11.9 Å². The summed E-state index contributed by atoms with van der Waals surface area (Å²) < 4.78 is 42.4. The van der Waals surface area contributed by atoms with Crippen LogP contribution in [0.3, 0.4) is 0 Å². The quantitative estimate of drug-likeness (QED) is 0.678. The molecule has 0 aliphatic heterocycles. The summed E-state index contributed by atoms with van der Waals surface area (Å²) in [7, 11) is 0. The topological polar surface area (TPSA) is 68.0 Å². The molecule has 0 radical (unpaired) electrons. The lowest BCUT2D eigenvalue weighted by Gasteiger charge is -2.06. The van der Waals surface area contributed by atoms with Gasteiger partial charge in [0.15, 0.2) is 5.16 Å². The number of furan rings is 1. The summed E-state index contributed by atoms with van der Waals surface area (Å²) in [5.74, 6) is 0.156. The number of hydrogen-bond donors (Lipinski definition) is 1. The maximum absolute atomic E-state index is 12.5. The Balaban J connectivity index is 1.83. The number of halogens is 3. The third kappa shape index (κ3) is 4.78. The van der Waals surface area contributed by atoms with Crippen molar-refractivity contribution in [2.24, 2.45) is 0 Å². The molecule has 0 bridgehead atoms. The average molecular weight is 317 g/mol. The SMILES string of the molecule is O=C(CSc1nccc(C(F)(F)F)n1)NCc1ccco1. The average Bonchev–Trinajstić information content (AvgIpc) is 2.95.